The van der Waals surface area contributed by atoms with E-state index in [1.807, 2.05) is 38.1 Å². The lowest BCUT2D eigenvalue weighted by atomic mass is 9.87. The third kappa shape index (κ3) is 9.12. The van der Waals surface area contributed by atoms with E-state index in [1.54, 1.807) is 35.4 Å². The highest BCUT2D eigenvalue weighted by molar-refractivity contribution is 5.88. The molecule has 5 aromatic carbocycles. The number of phenolic OH excluding ortho intramolecular Hbond substituents is 1. The molecule has 2 unspecified atom stereocenters. The number of methoxy groups -OCH3 is 5. The van der Waals surface area contributed by atoms with Crippen LogP contribution in [0.3, 0.4) is 0 Å². The van der Waals surface area contributed by atoms with Crippen LogP contribution in [0.15, 0.2) is 93.7 Å². The quantitative estimate of drug-likeness (QED) is 0.154. The maximum Gasteiger partial charge on any atom is 0.204 e. The number of allylic oxidation sites excluding steroid dienone is 2. The number of hydrogen-bond acceptors (Lipinski definition) is 12. The van der Waals surface area contributed by atoms with Crippen LogP contribution in [0.2, 0.25) is 0 Å². The molecule has 1 N–H and O–H groups in total. The van der Waals surface area contributed by atoms with Crippen molar-refractivity contribution in [2.75, 3.05) is 62.7 Å². The highest BCUT2D eigenvalue weighted by atomic mass is 16.5. The fourth-order valence-electron chi connectivity index (χ4n) is 9.42. The number of benzene rings is 5. The molecule has 0 radical (unpaired) electrons. The maximum atomic E-state index is 12.0. The van der Waals surface area contributed by atoms with Crippen molar-refractivity contribution in [1.82, 2.24) is 9.80 Å². The summed E-state index contributed by atoms with van der Waals surface area (Å²) >= 11 is 0. The lowest BCUT2D eigenvalue weighted by Gasteiger charge is -2.37. The van der Waals surface area contributed by atoms with Gasteiger partial charge >= 0.3 is 0 Å². The van der Waals surface area contributed by atoms with Gasteiger partial charge in [0, 0.05) is 48.4 Å². The molecule has 1 aromatic heterocycles. The summed E-state index contributed by atoms with van der Waals surface area (Å²) in [7, 11) is 12.6. The third-order valence-corrected chi connectivity index (χ3v) is 12.9. The van der Waals surface area contributed by atoms with Crippen LogP contribution in [0.4, 0.5) is 0 Å². The van der Waals surface area contributed by atoms with E-state index in [9.17, 15) is 9.90 Å². The number of aromatic hydroxyl groups is 1. The zero-order valence-corrected chi connectivity index (χ0v) is 39.6. The van der Waals surface area contributed by atoms with Crippen molar-refractivity contribution in [2.24, 2.45) is 0 Å². The predicted octanol–water partition coefficient (Wildman–Crippen LogP) is 10.5. The number of aryl methyl sites for hydroxylation is 1. The molecule has 0 aliphatic carbocycles. The SMILES string of the molecule is COc1cc(O)c2c(=O)cc(C)oc2c1CC=C(C)C.COc1ccc2cc1Oc1ccc(cc1)CC1c3cc(c(OC)cc3CCN1C)Oc1c(OC)c(OC)cc3c1C(C2)N(C)CC3. The summed E-state index contributed by atoms with van der Waals surface area (Å²) in [5.74, 6) is 6.31. The van der Waals surface area contributed by atoms with E-state index in [4.69, 9.17) is 37.6 Å². The first-order chi connectivity index (χ1) is 31.8. The van der Waals surface area contributed by atoms with Crippen LogP contribution in [-0.2, 0) is 32.1 Å². The Morgan fingerprint density at radius 2 is 1.35 bits per heavy atom. The molecule has 0 saturated carbocycles. The topological polar surface area (TPSA) is 122 Å². The highest BCUT2D eigenvalue weighted by Gasteiger charge is 2.35. The van der Waals surface area contributed by atoms with Crippen molar-refractivity contribution in [2.45, 2.75) is 65.0 Å². The second-order valence-electron chi connectivity index (χ2n) is 17.4. The summed E-state index contributed by atoms with van der Waals surface area (Å²) in [5, 5.41) is 10.2. The molecule has 6 aromatic rings. The van der Waals surface area contributed by atoms with Crippen molar-refractivity contribution in [3.8, 4) is 57.5 Å². The molecular formula is C54H60N2O10. The van der Waals surface area contributed by atoms with Gasteiger partial charge in [-0.25, -0.2) is 0 Å². The van der Waals surface area contributed by atoms with Crippen LogP contribution in [-0.4, -0.2) is 77.6 Å². The number of hydrogen-bond donors (Lipinski definition) is 1. The van der Waals surface area contributed by atoms with Crippen molar-refractivity contribution in [3.63, 3.8) is 0 Å². The molecule has 6 bridgehead atoms. The molecule has 346 valence electrons. The van der Waals surface area contributed by atoms with Gasteiger partial charge in [0.15, 0.2) is 39.9 Å². The van der Waals surface area contributed by atoms with Crippen LogP contribution in [0.1, 0.15) is 70.6 Å². The fraction of sp³-hybridized carbons (Fsp3) is 0.352. The van der Waals surface area contributed by atoms with Gasteiger partial charge in [0.25, 0.3) is 0 Å². The average Bonchev–Trinajstić information content (AvgIpc) is 3.30. The van der Waals surface area contributed by atoms with Crippen molar-refractivity contribution >= 4 is 11.0 Å². The fourth-order valence-corrected chi connectivity index (χ4v) is 9.42. The molecule has 0 amide bonds. The Morgan fingerprint density at radius 1 is 0.712 bits per heavy atom. The molecule has 0 saturated heterocycles. The van der Waals surface area contributed by atoms with E-state index in [1.165, 1.54) is 41.5 Å². The lowest BCUT2D eigenvalue weighted by molar-refractivity contribution is 0.220. The van der Waals surface area contributed by atoms with E-state index >= 15 is 0 Å². The summed E-state index contributed by atoms with van der Waals surface area (Å²) < 4.78 is 48.0. The van der Waals surface area contributed by atoms with Crippen molar-refractivity contribution in [3.05, 3.63) is 139 Å². The summed E-state index contributed by atoms with van der Waals surface area (Å²) in [6.45, 7) is 7.56. The molecule has 0 spiro atoms. The van der Waals surface area contributed by atoms with Gasteiger partial charge in [0.1, 0.15) is 34.0 Å². The zero-order valence-electron chi connectivity index (χ0n) is 39.6. The van der Waals surface area contributed by atoms with Gasteiger partial charge in [-0.1, -0.05) is 29.8 Å². The minimum absolute atomic E-state index is 0.000437. The summed E-state index contributed by atoms with van der Waals surface area (Å²) in [6.07, 6.45) is 5.98. The molecule has 4 aliphatic heterocycles. The molecular weight excluding hydrogens is 837 g/mol. The largest absolute Gasteiger partial charge is 0.507 e. The highest BCUT2D eigenvalue weighted by Crippen LogP contribution is 2.52. The summed E-state index contributed by atoms with van der Waals surface area (Å²) in [4.78, 5) is 16.8. The van der Waals surface area contributed by atoms with E-state index in [-0.39, 0.29) is 28.6 Å². The molecule has 66 heavy (non-hydrogen) atoms. The van der Waals surface area contributed by atoms with Gasteiger partial charge in [0.05, 0.1) is 35.5 Å². The third-order valence-electron chi connectivity index (χ3n) is 12.9. The predicted molar refractivity (Wildman–Crippen MR) is 256 cm³/mol. The van der Waals surface area contributed by atoms with Crippen LogP contribution in [0.5, 0.6) is 57.5 Å². The minimum atomic E-state index is -0.248. The van der Waals surface area contributed by atoms with Gasteiger partial charge in [-0.05, 0) is 137 Å². The Kier molecular flexibility index (Phi) is 13.5. The smallest absolute Gasteiger partial charge is 0.204 e. The number of phenols is 1. The Morgan fingerprint density at radius 3 is 2.03 bits per heavy atom. The van der Waals surface area contributed by atoms with Crippen LogP contribution in [0, 0.1) is 6.92 Å². The monoisotopic (exact) mass is 896 g/mol. The van der Waals surface area contributed by atoms with Gasteiger partial charge < -0.3 is 42.7 Å². The lowest BCUT2D eigenvalue weighted by Crippen LogP contribution is -2.34. The molecule has 10 rings (SSSR count). The normalized spacial score (nSPS) is 16.6. The Balaban J connectivity index is 0.000000248. The Labute approximate surface area is 386 Å². The number of likely N-dealkylation sites (N-methyl/N-ethyl adjacent to an activating group) is 2. The first-order valence-electron chi connectivity index (χ1n) is 22.3. The standard InChI is InChI=1S/C38H42N2O6.C16H18O4/c1-39-15-13-25-20-32(42-4)34-22-28(25)29(39)17-23-7-10-27(11-8-23)45-33-19-24(9-12-31(33)41-3)18-30-36-26(14-16-40(30)2)21-35(43-5)37(44-6)38(36)46-34;1-9(2)5-6-11-14(19-4)8-13(18)15-12(17)7-10(3)20-16(11)15/h7-12,19-22,29-30H,13-18H2,1-6H3;5,7-8,18H,6H2,1-4H3. The van der Waals surface area contributed by atoms with Crippen molar-refractivity contribution in [1.29, 1.82) is 0 Å². The number of rotatable bonds is 7. The van der Waals surface area contributed by atoms with Crippen molar-refractivity contribution < 1.29 is 42.7 Å². The first-order valence-corrected chi connectivity index (χ1v) is 22.3. The second-order valence-corrected chi connectivity index (χ2v) is 17.4. The Bertz CT molecular complexity index is 2850. The van der Waals surface area contributed by atoms with E-state index in [0.717, 1.165) is 66.8 Å². The summed E-state index contributed by atoms with van der Waals surface area (Å²) in [6, 6.07) is 24.0. The number of ether oxygens (including phenoxy) is 7. The van der Waals surface area contributed by atoms with E-state index in [2.05, 4.69) is 66.4 Å². The second kappa shape index (κ2) is 19.5. The zero-order chi connectivity index (χ0) is 46.8. The van der Waals surface area contributed by atoms with Gasteiger partial charge in [-0.15, -0.1) is 0 Å². The van der Waals surface area contributed by atoms with Crippen LogP contribution < -0.4 is 38.6 Å². The first kappa shape index (κ1) is 45.9. The average molecular weight is 897 g/mol. The molecule has 0 fully saturated rings. The molecule has 4 aliphatic rings. The van der Waals surface area contributed by atoms with Gasteiger partial charge in [-0.3, -0.25) is 14.6 Å². The molecule has 5 heterocycles. The minimum Gasteiger partial charge on any atom is -0.507 e. The van der Waals surface area contributed by atoms with E-state index < -0.39 is 0 Å². The summed E-state index contributed by atoms with van der Waals surface area (Å²) in [5.41, 5.74) is 9.22. The van der Waals surface area contributed by atoms with Crippen LogP contribution >= 0.6 is 0 Å². The number of nitrogens with zero attached hydrogens (tertiary/aromatic N) is 2. The van der Waals surface area contributed by atoms with E-state index in [0.29, 0.717) is 63.8 Å². The molecule has 2 atom stereocenters. The van der Waals surface area contributed by atoms with Gasteiger partial charge in [-0.2, -0.15) is 0 Å². The maximum absolute atomic E-state index is 12.0. The van der Waals surface area contributed by atoms with Gasteiger partial charge in [0.2, 0.25) is 5.75 Å². The van der Waals surface area contributed by atoms with Crippen LogP contribution in [0.25, 0.3) is 11.0 Å². The number of fused-ring (bicyclic) bond motifs is 3. The Hall–Kier alpha value is -6.63. The molecule has 12 heteroatoms. The molecule has 12 nitrogen and oxygen atoms in total.